The molecule has 144 valence electrons. The lowest BCUT2D eigenvalue weighted by Crippen LogP contribution is -1.99. The first kappa shape index (κ1) is 19.3. The van der Waals surface area contributed by atoms with Crippen LogP contribution >= 0.6 is 0 Å². The van der Waals surface area contributed by atoms with Gasteiger partial charge in [0.05, 0.1) is 19.9 Å². The molecule has 0 aliphatic heterocycles. The molecule has 1 heterocycles. The molecular formula is C23H30N2O2. The van der Waals surface area contributed by atoms with Crippen LogP contribution in [0.15, 0.2) is 36.4 Å². The summed E-state index contributed by atoms with van der Waals surface area (Å²) in [6.07, 6.45) is 3.08. The molecule has 0 spiro atoms. The smallest absolute Gasteiger partial charge is 0.131 e. The number of ether oxygens (including phenoxy) is 2. The number of aryl methyl sites for hydroxylation is 1. The standard InChI is InChI=1S/C23H30N2O2/c1-15(2)17-9-7-10-19-18(8-5-6-13-24)23(25-22(17)19)20-12-11-16(26-3)14-21(20)27-4/h7,9-12,14-15,25H,5-6,8,13,24H2,1-4H3. The van der Waals surface area contributed by atoms with E-state index in [4.69, 9.17) is 15.2 Å². The second-order valence-electron chi connectivity index (χ2n) is 7.22. The predicted molar refractivity (Wildman–Crippen MR) is 113 cm³/mol. The number of aromatic amines is 1. The van der Waals surface area contributed by atoms with Gasteiger partial charge in [0.1, 0.15) is 11.5 Å². The molecule has 4 heteroatoms. The highest BCUT2D eigenvalue weighted by atomic mass is 16.5. The minimum Gasteiger partial charge on any atom is -0.497 e. The van der Waals surface area contributed by atoms with Crippen LogP contribution in [0.4, 0.5) is 0 Å². The molecule has 0 unspecified atom stereocenters. The molecule has 0 aliphatic rings. The number of hydrogen-bond acceptors (Lipinski definition) is 3. The summed E-state index contributed by atoms with van der Waals surface area (Å²) in [5, 5.41) is 1.30. The number of para-hydroxylation sites is 1. The number of fused-ring (bicyclic) bond motifs is 1. The van der Waals surface area contributed by atoms with Crippen LogP contribution in [0.5, 0.6) is 11.5 Å². The quantitative estimate of drug-likeness (QED) is 0.535. The summed E-state index contributed by atoms with van der Waals surface area (Å²) < 4.78 is 11.0. The molecule has 2 aromatic carbocycles. The van der Waals surface area contributed by atoms with Gasteiger partial charge in [0.2, 0.25) is 0 Å². The molecule has 1 aromatic heterocycles. The normalized spacial score (nSPS) is 11.3. The zero-order valence-electron chi connectivity index (χ0n) is 16.8. The highest BCUT2D eigenvalue weighted by Gasteiger charge is 2.19. The van der Waals surface area contributed by atoms with Crippen molar-refractivity contribution in [3.63, 3.8) is 0 Å². The number of benzene rings is 2. The monoisotopic (exact) mass is 366 g/mol. The Hall–Kier alpha value is -2.46. The van der Waals surface area contributed by atoms with Gasteiger partial charge in [-0.25, -0.2) is 0 Å². The number of rotatable bonds is 8. The molecule has 0 fully saturated rings. The lowest BCUT2D eigenvalue weighted by Gasteiger charge is -2.11. The van der Waals surface area contributed by atoms with Crippen LogP contribution in [0, 0.1) is 0 Å². The van der Waals surface area contributed by atoms with E-state index in [0.29, 0.717) is 5.92 Å². The number of nitrogens with one attached hydrogen (secondary N) is 1. The van der Waals surface area contributed by atoms with E-state index in [1.165, 1.54) is 22.0 Å². The van der Waals surface area contributed by atoms with E-state index in [0.717, 1.165) is 48.6 Å². The average molecular weight is 367 g/mol. The summed E-state index contributed by atoms with van der Waals surface area (Å²) in [5.41, 5.74) is 11.8. The van der Waals surface area contributed by atoms with Gasteiger partial charge >= 0.3 is 0 Å². The minimum atomic E-state index is 0.454. The Morgan fingerprint density at radius 2 is 1.85 bits per heavy atom. The van der Waals surface area contributed by atoms with Crippen LogP contribution in [0.1, 0.15) is 43.7 Å². The van der Waals surface area contributed by atoms with E-state index in [2.05, 4.69) is 43.1 Å². The third-order valence-corrected chi connectivity index (χ3v) is 5.15. The number of H-pyrrole nitrogens is 1. The maximum Gasteiger partial charge on any atom is 0.131 e. The Balaban J connectivity index is 2.21. The van der Waals surface area contributed by atoms with Gasteiger partial charge in [-0.2, -0.15) is 0 Å². The first-order valence-corrected chi connectivity index (χ1v) is 9.66. The minimum absolute atomic E-state index is 0.454. The largest absolute Gasteiger partial charge is 0.497 e. The fourth-order valence-electron chi connectivity index (χ4n) is 3.72. The van der Waals surface area contributed by atoms with Crippen LogP contribution in [0.3, 0.4) is 0 Å². The van der Waals surface area contributed by atoms with Crippen molar-refractivity contribution in [2.45, 2.75) is 39.0 Å². The van der Waals surface area contributed by atoms with Crippen LogP contribution in [0.2, 0.25) is 0 Å². The zero-order chi connectivity index (χ0) is 19.4. The van der Waals surface area contributed by atoms with E-state index in [1.54, 1.807) is 14.2 Å². The van der Waals surface area contributed by atoms with Gasteiger partial charge in [-0.05, 0) is 55.0 Å². The van der Waals surface area contributed by atoms with Gasteiger partial charge < -0.3 is 20.2 Å². The Labute approximate surface area is 161 Å². The fraction of sp³-hybridized carbons (Fsp3) is 0.391. The fourth-order valence-corrected chi connectivity index (χ4v) is 3.72. The molecule has 0 saturated heterocycles. The Morgan fingerprint density at radius 3 is 2.52 bits per heavy atom. The van der Waals surface area contributed by atoms with Crippen molar-refractivity contribution < 1.29 is 9.47 Å². The number of methoxy groups -OCH3 is 2. The molecule has 0 radical (unpaired) electrons. The van der Waals surface area contributed by atoms with Crippen LogP contribution in [-0.2, 0) is 6.42 Å². The number of unbranched alkanes of at least 4 members (excludes halogenated alkanes) is 1. The number of nitrogens with two attached hydrogens (primary N) is 1. The summed E-state index contributed by atoms with van der Waals surface area (Å²) >= 11 is 0. The summed E-state index contributed by atoms with van der Waals surface area (Å²) in [6, 6.07) is 12.6. The maximum absolute atomic E-state index is 5.73. The van der Waals surface area contributed by atoms with Crippen molar-refractivity contribution in [3.05, 3.63) is 47.5 Å². The molecule has 3 rings (SSSR count). The van der Waals surface area contributed by atoms with Gasteiger partial charge in [-0.15, -0.1) is 0 Å². The van der Waals surface area contributed by atoms with Crippen molar-refractivity contribution in [2.24, 2.45) is 5.73 Å². The van der Waals surface area contributed by atoms with Crippen LogP contribution in [0.25, 0.3) is 22.2 Å². The van der Waals surface area contributed by atoms with Gasteiger partial charge in [0.15, 0.2) is 0 Å². The molecule has 0 aliphatic carbocycles. The van der Waals surface area contributed by atoms with E-state index in [9.17, 15) is 0 Å². The molecule has 27 heavy (non-hydrogen) atoms. The molecular weight excluding hydrogens is 336 g/mol. The first-order valence-electron chi connectivity index (χ1n) is 9.66. The van der Waals surface area contributed by atoms with Crippen molar-refractivity contribution in [1.82, 2.24) is 4.98 Å². The highest BCUT2D eigenvalue weighted by molar-refractivity contribution is 5.94. The number of hydrogen-bond donors (Lipinski definition) is 2. The van der Waals surface area contributed by atoms with Gasteiger partial charge in [-0.3, -0.25) is 0 Å². The molecule has 3 aromatic rings. The van der Waals surface area contributed by atoms with Crippen LogP contribution in [-0.4, -0.2) is 25.7 Å². The summed E-state index contributed by atoms with van der Waals surface area (Å²) in [5.74, 6) is 2.06. The van der Waals surface area contributed by atoms with E-state index in [1.807, 2.05) is 12.1 Å². The van der Waals surface area contributed by atoms with E-state index in [-0.39, 0.29) is 0 Å². The second kappa shape index (κ2) is 8.49. The first-order chi connectivity index (χ1) is 13.1. The van der Waals surface area contributed by atoms with E-state index >= 15 is 0 Å². The van der Waals surface area contributed by atoms with Crippen molar-refractivity contribution in [2.75, 3.05) is 20.8 Å². The highest BCUT2D eigenvalue weighted by Crippen LogP contribution is 2.40. The van der Waals surface area contributed by atoms with Crippen molar-refractivity contribution in [3.8, 4) is 22.8 Å². The summed E-state index contributed by atoms with van der Waals surface area (Å²) in [4.78, 5) is 3.72. The third-order valence-electron chi connectivity index (χ3n) is 5.15. The molecule has 0 bridgehead atoms. The van der Waals surface area contributed by atoms with Crippen molar-refractivity contribution in [1.29, 1.82) is 0 Å². The molecule has 4 nitrogen and oxygen atoms in total. The average Bonchev–Trinajstić information content (AvgIpc) is 3.05. The summed E-state index contributed by atoms with van der Waals surface area (Å²) in [6.45, 7) is 5.19. The molecule has 3 N–H and O–H groups in total. The molecule has 0 saturated carbocycles. The Bertz CT molecular complexity index is 912. The van der Waals surface area contributed by atoms with Gasteiger partial charge in [0, 0.05) is 22.5 Å². The van der Waals surface area contributed by atoms with Crippen molar-refractivity contribution >= 4 is 10.9 Å². The van der Waals surface area contributed by atoms with Gasteiger partial charge in [-0.1, -0.05) is 32.0 Å². The van der Waals surface area contributed by atoms with Gasteiger partial charge in [0.25, 0.3) is 0 Å². The lowest BCUT2D eigenvalue weighted by atomic mass is 9.96. The van der Waals surface area contributed by atoms with Crippen LogP contribution < -0.4 is 15.2 Å². The SMILES string of the molecule is COc1ccc(-c2[nH]c3c(C(C)C)cccc3c2CCCCN)c(OC)c1. The topological polar surface area (TPSA) is 60.3 Å². The van der Waals surface area contributed by atoms with E-state index < -0.39 is 0 Å². The number of aromatic nitrogens is 1. The maximum atomic E-state index is 5.73. The zero-order valence-corrected chi connectivity index (χ0v) is 16.8. The predicted octanol–water partition coefficient (Wildman–Crippen LogP) is 5.26. The molecule has 0 atom stereocenters. The summed E-state index contributed by atoms with van der Waals surface area (Å²) in [7, 11) is 3.37. The Kier molecular flexibility index (Phi) is 6.07. The third kappa shape index (κ3) is 3.81. The second-order valence-corrected chi connectivity index (χ2v) is 7.22. The lowest BCUT2D eigenvalue weighted by molar-refractivity contribution is 0.395. The molecule has 0 amide bonds. The Morgan fingerprint density at radius 1 is 1.04 bits per heavy atom.